The summed E-state index contributed by atoms with van der Waals surface area (Å²) >= 11 is 0. The van der Waals surface area contributed by atoms with Gasteiger partial charge in [0.1, 0.15) is 11.2 Å². The Balaban J connectivity index is 1.30. The molecule has 0 aliphatic carbocycles. The molecule has 0 bridgehead atoms. The van der Waals surface area contributed by atoms with Gasteiger partial charge in [-0.1, -0.05) is 151 Å². The standard InChI is InChI=1S/C46H28O/c1-2-12-32-27-33(26-21-29(32)11-1)45-38-17-7-5-15-36(38)44(37-16-6-8-18-39(37)45)31-24-22-30(23-25-31)41-28-43-46(35-14-4-3-13-34(35)41)40-19-9-10-20-42(40)47-43/h1-28H/i5D,6D,7D,8D,15D,16D,17D,18D. The van der Waals surface area contributed by atoms with Crippen LogP contribution in [0.3, 0.4) is 0 Å². The van der Waals surface area contributed by atoms with Gasteiger partial charge in [-0.15, -0.1) is 0 Å². The van der Waals surface area contributed by atoms with E-state index in [2.05, 4.69) is 18.2 Å². The van der Waals surface area contributed by atoms with Gasteiger partial charge in [0, 0.05) is 10.8 Å². The van der Waals surface area contributed by atoms with Gasteiger partial charge in [-0.25, -0.2) is 0 Å². The van der Waals surface area contributed by atoms with E-state index in [0.717, 1.165) is 54.6 Å². The van der Waals surface area contributed by atoms with Gasteiger partial charge in [-0.2, -0.15) is 0 Å². The summed E-state index contributed by atoms with van der Waals surface area (Å²) in [6.07, 6.45) is 0. The molecule has 1 heterocycles. The zero-order valence-corrected chi connectivity index (χ0v) is 25.0. The quantitative estimate of drug-likeness (QED) is 0.183. The lowest BCUT2D eigenvalue weighted by molar-refractivity contribution is 0.669. The van der Waals surface area contributed by atoms with Crippen molar-refractivity contribution in [3.8, 4) is 33.4 Å². The van der Waals surface area contributed by atoms with Crippen LogP contribution in [0.4, 0.5) is 0 Å². The Bertz CT molecular complexity index is 3210. The van der Waals surface area contributed by atoms with Crippen molar-refractivity contribution >= 4 is 65.0 Å². The van der Waals surface area contributed by atoms with Gasteiger partial charge in [0.25, 0.3) is 0 Å². The lowest BCUT2D eigenvalue weighted by Crippen LogP contribution is -1.91. The number of fused-ring (bicyclic) bond motifs is 8. The molecule has 10 aromatic rings. The van der Waals surface area contributed by atoms with Crippen molar-refractivity contribution in [2.24, 2.45) is 0 Å². The van der Waals surface area contributed by atoms with E-state index in [1.807, 2.05) is 103 Å². The minimum Gasteiger partial charge on any atom is -0.456 e. The molecule has 0 saturated heterocycles. The van der Waals surface area contributed by atoms with Crippen molar-refractivity contribution < 1.29 is 15.4 Å². The Hall–Kier alpha value is -6.18. The van der Waals surface area contributed by atoms with Crippen molar-refractivity contribution in [2.75, 3.05) is 0 Å². The Labute approximate surface area is 283 Å². The number of hydrogen-bond donors (Lipinski definition) is 0. The van der Waals surface area contributed by atoms with Crippen LogP contribution in [0.25, 0.3) is 98.4 Å². The van der Waals surface area contributed by atoms with E-state index in [4.69, 9.17) is 9.90 Å². The highest BCUT2D eigenvalue weighted by molar-refractivity contribution is 6.23. The predicted molar refractivity (Wildman–Crippen MR) is 200 cm³/mol. The molecule has 0 radical (unpaired) electrons. The summed E-state index contributed by atoms with van der Waals surface area (Å²) in [5, 5.41) is 6.78. The Kier molecular flexibility index (Phi) is 4.19. The molecule has 0 saturated carbocycles. The van der Waals surface area contributed by atoms with Crippen molar-refractivity contribution in [1.82, 2.24) is 0 Å². The maximum Gasteiger partial charge on any atom is 0.136 e. The first kappa shape index (κ1) is 19.4. The van der Waals surface area contributed by atoms with Crippen LogP contribution in [0, 0.1) is 0 Å². The van der Waals surface area contributed by atoms with Gasteiger partial charge in [-0.05, 0) is 94.7 Å². The first-order chi connectivity index (χ1) is 26.6. The van der Waals surface area contributed by atoms with Gasteiger partial charge < -0.3 is 4.42 Å². The van der Waals surface area contributed by atoms with Crippen molar-refractivity contribution in [1.29, 1.82) is 0 Å². The zero-order valence-electron chi connectivity index (χ0n) is 33.0. The van der Waals surface area contributed by atoms with E-state index >= 15 is 0 Å². The number of hydrogen-bond acceptors (Lipinski definition) is 1. The Morgan fingerprint density at radius 2 is 0.915 bits per heavy atom. The van der Waals surface area contributed by atoms with Crippen LogP contribution in [0.5, 0.6) is 0 Å². The van der Waals surface area contributed by atoms with E-state index in [-0.39, 0.29) is 45.7 Å². The summed E-state index contributed by atoms with van der Waals surface area (Å²) in [6, 6.07) is 36.4. The minimum absolute atomic E-state index is 0.189. The highest BCUT2D eigenvalue weighted by atomic mass is 16.3. The van der Waals surface area contributed by atoms with Crippen molar-refractivity contribution in [2.45, 2.75) is 0 Å². The lowest BCUT2D eigenvalue weighted by Gasteiger charge is -2.18. The molecular formula is C46H28O. The normalized spacial score (nSPS) is 14.2. The second kappa shape index (κ2) is 10.2. The SMILES string of the molecule is [2H]c1c([2H])c([2H])c2c(-c3ccc4ccccc4c3)c3c([2H])c([2H])c([2H])c([2H])c3c(-c3ccc(-c4cc5oc6ccccc6c5c5ccccc45)cc3)c2c1[2H]. The minimum atomic E-state index is -0.425. The van der Waals surface area contributed by atoms with Crippen molar-refractivity contribution in [3.63, 3.8) is 0 Å². The van der Waals surface area contributed by atoms with Crippen LogP contribution in [0.15, 0.2) is 174 Å². The Morgan fingerprint density at radius 1 is 0.383 bits per heavy atom. The molecule has 0 atom stereocenters. The van der Waals surface area contributed by atoms with E-state index in [1.165, 1.54) is 0 Å². The summed E-state index contributed by atoms with van der Waals surface area (Å²) in [4.78, 5) is 0. The molecule has 1 nitrogen and oxygen atoms in total. The van der Waals surface area contributed by atoms with Gasteiger partial charge >= 0.3 is 0 Å². The third-order valence-corrected chi connectivity index (χ3v) is 9.28. The molecule has 0 amide bonds. The first-order valence-corrected chi connectivity index (χ1v) is 15.5. The van der Waals surface area contributed by atoms with Gasteiger partial charge in [0.15, 0.2) is 0 Å². The number of para-hydroxylation sites is 1. The van der Waals surface area contributed by atoms with Crippen molar-refractivity contribution in [3.05, 3.63) is 170 Å². The van der Waals surface area contributed by atoms with Crippen LogP contribution in [0.1, 0.15) is 11.0 Å². The predicted octanol–water partition coefficient (Wildman–Crippen LogP) is 13.2. The van der Waals surface area contributed by atoms with Crippen LogP contribution >= 0.6 is 0 Å². The van der Waals surface area contributed by atoms with E-state index in [0.29, 0.717) is 22.3 Å². The fourth-order valence-corrected chi connectivity index (χ4v) is 7.19. The molecule has 10 rings (SSSR count). The fourth-order valence-electron chi connectivity index (χ4n) is 7.19. The van der Waals surface area contributed by atoms with Crippen LogP contribution in [0.2, 0.25) is 0 Å². The maximum atomic E-state index is 9.30. The number of benzene rings is 9. The largest absolute Gasteiger partial charge is 0.456 e. The third-order valence-electron chi connectivity index (χ3n) is 9.28. The van der Waals surface area contributed by atoms with E-state index in [1.54, 1.807) is 0 Å². The van der Waals surface area contributed by atoms with Crippen LogP contribution in [-0.2, 0) is 0 Å². The molecule has 0 N–H and O–H groups in total. The molecule has 0 aliphatic heterocycles. The average molecular weight is 605 g/mol. The molecule has 0 aliphatic rings. The van der Waals surface area contributed by atoms with Gasteiger partial charge in [0.05, 0.1) is 11.0 Å². The molecule has 1 heteroatoms. The average Bonchev–Trinajstić information content (AvgIpc) is 3.61. The molecule has 47 heavy (non-hydrogen) atoms. The number of furan rings is 1. The van der Waals surface area contributed by atoms with Crippen LogP contribution in [-0.4, -0.2) is 0 Å². The highest BCUT2D eigenvalue weighted by Crippen LogP contribution is 2.45. The summed E-state index contributed by atoms with van der Waals surface area (Å²) in [7, 11) is 0. The zero-order chi connectivity index (χ0) is 37.9. The molecular weight excluding hydrogens is 569 g/mol. The fraction of sp³-hybridized carbons (Fsp3) is 0. The smallest absolute Gasteiger partial charge is 0.136 e. The third kappa shape index (κ3) is 3.97. The topological polar surface area (TPSA) is 13.1 Å². The van der Waals surface area contributed by atoms with Gasteiger partial charge in [0.2, 0.25) is 0 Å². The molecule has 218 valence electrons. The number of rotatable bonds is 3. The highest BCUT2D eigenvalue weighted by Gasteiger charge is 2.18. The molecule has 0 unspecified atom stereocenters. The van der Waals surface area contributed by atoms with E-state index < -0.39 is 24.2 Å². The Morgan fingerprint density at radius 3 is 1.62 bits per heavy atom. The molecule has 0 fully saturated rings. The summed E-state index contributed by atoms with van der Waals surface area (Å²) < 4.78 is 78.5. The lowest BCUT2D eigenvalue weighted by atomic mass is 9.85. The molecule has 9 aromatic carbocycles. The van der Waals surface area contributed by atoms with E-state index in [9.17, 15) is 5.48 Å². The molecule has 1 aromatic heterocycles. The summed E-state index contributed by atoms with van der Waals surface area (Å²) in [5.41, 5.74) is 5.17. The van der Waals surface area contributed by atoms with Gasteiger partial charge in [-0.3, -0.25) is 0 Å². The van der Waals surface area contributed by atoms with Crippen LogP contribution < -0.4 is 0 Å². The monoisotopic (exact) mass is 604 g/mol. The second-order valence-electron chi connectivity index (χ2n) is 11.8. The maximum absolute atomic E-state index is 9.30. The first-order valence-electron chi connectivity index (χ1n) is 19.5. The second-order valence-corrected chi connectivity index (χ2v) is 11.8. The summed E-state index contributed by atoms with van der Waals surface area (Å²) in [5.74, 6) is 0. The summed E-state index contributed by atoms with van der Waals surface area (Å²) in [6.45, 7) is 0. The molecule has 0 spiro atoms.